The monoisotopic (exact) mass is 345 g/mol. The van der Waals surface area contributed by atoms with E-state index in [-0.39, 0.29) is 12.2 Å². The molecule has 1 saturated heterocycles. The lowest BCUT2D eigenvalue weighted by molar-refractivity contribution is 0.0280. The zero-order valence-corrected chi connectivity index (χ0v) is 15.9. The third kappa shape index (κ3) is 3.95. The fourth-order valence-electron chi connectivity index (χ4n) is 4.53. The Morgan fingerprint density at radius 2 is 1.18 bits per heavy atom. The maximum Gasteiger partial charge on any atom is 0.264 e. The van der Waals surface area contributed by atoms with Crippen LogP contribution in [0.4, 0.5) is 0 Å². The SMILES string of the molecule is C[C@@H]1C[C@H](C)OP(=S)(N(C2CCCCC2)C2CCCCC2)O1. The number of nitrogens with zero attached hydrogens (tertiary/aromatic N) is 1. The van der Waals surface area contributed by atoms with Gasteiger partial charge in [-0.05, 0) is 51.3 Å². The third-order valence-electron chi connectivity index (χ3n) is 5.47. The topological polar surface area (TPSA) is 21.7 Å². The van der Waals surface area contributed by atoms with E-state index in [4.69, 9.17) is 20.9 Å². The van der Waals surface area contributed by atoms with E-state index in [1.807, 2.05) is 0 Å². The molecule has 3 fully saturated rings. The first-order valence-corrected chi connectivity index (χ1v) is 11.9. The second-order valence-electron chi connectivity index (χ2n) is 7.50. The van der Waals surface area contributed by atoms with Crippen molar-refractivity contribution in [3.8, 4) is 0 Å². The molecule has 0 spiro atoms. The zero-order chi connectivity index (χ0) is 15.6. The maximum absolute atomic E-state index is 6.34. The molecule has 2 aliphatic carbocycles. The van der Waals surface area contributed by atoms with E-state index in [1.165, 1.54) is 64.2 Å². The molecule has 0 aromatic rings. The maximum atomic E-state index is 6.34. The molecule has 0 amide bonds. The van der Waals surface area contributed by atoms with E-state index in [2.05, 4.69) is 18.5 Å². The predicted molar refractivity (Wildman–Crippen MR) is 95.6 cm³/mol. The van der Waals surface area contributed by atoms with E-state index in [9.17, 15) is 0 Å². The molecule has 3 atom stereocenters. The summed E-state index contributed by atoms with van der Waals surface area (Å²) in [5, 5.41) is 0. The molecule has 0 aromatic carbocycles. The van der Waals surface area contributed by atoms with Gasteiger partial charge in [0.15, 0.2) is 0 Å². The van der Waals surface area contributed by atoms with E-state index in [0.29, 0.717) is 12.1 Å². The van der Waals surface area contributed by atoms with Gasteiger partial charge in [0.1, 0.15) is 0 Å². The summed E-state index contributed by atoms with van der Waals surface area (Å²) in [4.78, 5) is 0. The predicted octanol–water partition coefficient (Wildman–Crippen LogP) is 5.39. The van der Waals surface area contributed by atoms with Gasteiger partial charge < -0.3 is 9.05 Å². The molecule has 1 heterocycles. The Kier molecular flexibility index (Phi) is 6.00. The van der Waals surface area contributed by atoms with Crippen LogP contribution in [0.1, 0.15) is 84.5 Å². The van der Waals surface area contributed by atoms with E-state index >= 15 is 0 Å². The van der Waals surface area contributed by atoms with E-state index < -0.39 is 6.64 Å². The van der Waals surface area contributed by atoms with Gasteiger partial charge >= 0.3 is 0 Å². The summed E-state index contributed by atoms with van der Waals surface area (Å²) in [7, 11) is 0. The lowest BCUT2D eigenvalue weighted by Crippen LogP contribution is -2.45. The van der Waals surface area contributed by atoms with Crippen LogP contribution in [0, 0.1) is 0 Å². The third-order valence-corrected chi connectivity index (χ3v) is 9.02. The molecule has 128 valence electrons. The summed E-state index contributed by atoms with van der Waals surface area (Å²) in [5.74, 6) is 0. The Hall–Kier alpha value is 0.530. The summed E-state index contributed by atoms with van der Waals surface area (Å²) in [5.41, 5.74) is 0. The van der Waals surface area contributed by atoms with Crippen LogP contribution in [0.15, 0.2) is 0 Å². The Morgan fingerprint density at radius 1 is 0.773 bits per heavy atom. The highest BCUT2D eigenvalue weighted by atomic mass is 32.5. The summed E-state index contributed by atoms with van der Waals surface area (Å²) in [6, 6.07) is 1.19. The first kappa shape index (κ1) is 17.4. The first-order chi connectivity index (χ1) is 10.6. The van der Waals surface area contributed by atoms with Crippen molar-refractivity contribution >= 4 is 18.4 Å². The number of hydrogen-bond acceptors (Lipinski definition) is 3. The minimum atomic E-state index is -2.31. The van der Waals surface area contributed by atoms with Gasteiger partial charge in [0.05, 0.1) is 12.2 Å². The van der Waals surface area contributed by atoms with Gasteiger partial charge in [-0.3, -0.25) is 0 Å². The number of hydrogen-bond donors (Lipinski definition) is 0. The Labute approximate surface area is 141 Å². The van der Waals surface area contributed by atoms with Crippen molar-refractivity contribution in [2.45, 2.75) is 109 Å². The first-order valence-electron chi connectivity index (χ1n) is 9.34. The van der Waals surface area contributed by atoms with Crippen LogP contribution < -0.4 is 0 Å². The summed E-state index contributed by atoms with van der Waals surface area (Å²) < 4.78 is 15.3. The van der Waals surface area contributed by atoms with Gasteiger partial charge in [0.2, 0.25) is 0 Å². The van der Waals surface area contributed by atoms with E-state index in [0.717, 1.165) is 6.42 Å². The van der Waals surface area contributed by atoms with E-state index in [1.54, 1.807) is 0 Å². The van der Waals surface area contributed by atoms with Crippen molar-refractivity contribution < 1.29 is 9.05 Å². The molecular formula is C17H32NO2PS. The largest absolute Gasteiger partial charge is 0.315 e. The van der Waals surface area contributed by atoms with Crippen LogP contribution in [-0.2, 0) is 20.9 Å². The van der Waals surface area contributed by atoms with Crippen LogP contribution in [-0.4, -0.2) is 29.0 Å². The van der Waals surface area contributed by atoms with Gasteiger partial charge in [0, 0.05) is 18.5 Å². The molecule has 1 aliphatic heterocycles. The van der Waals surface area contributed by atoms with Crippen LogP contribution in [0.25, 0.3) is 0 Å². The van der Waals surface area contributed by atoms with Gasteiger partial charge in [-0.25, -0.2) is 4.67 Å². The smallest absolute Gasteiger partial charge is 0.264 e. The highest BCUT2D eigenvalue weighted by molar-refractivity contribution is 8.08. The van der Waals surface area contributed by atoms with Crippen molar-refractivity contribution in [3.05, 3.63) is 0 Å². The Morgan fingerprint density at radius 3 is 1.59 bits per heavy atom. The molecule has 22 heavy (non-hydrogen) atoms. The summed E-state index contributed by atoms with van der Waals surface area (Å²) in [6.07, 6.45) is 14.7. The average Bonchev–Trinajstić information content (AvgIpc) is 2.48. The van der Waals surface area contributed by atoms with Crippen LogP contribution in [0.5, 0.6) is 0 Å². The van der Waals surface area contributed by atoms with Gasteiger partial charge in [-0.15, -0.1) is 0 Å². The zero-order valence-electron chi connectivity index (χ0n) is 14.2. The second kappa shape index (κ2) is 7.61. The highest BCUT2D eigenvalue weighted by Gasteiger charge is 2.44. The minimum Gasteiger partial charge on any atom is -0.315 e. The molecule has 3 aliphatic rings. The minimum absolute atomic E-state index is 0.240. The number of rotatable bonds is 3. The Bertz CT molecular complexity index is 375. The highest BCUT2D eigenvalue weighted by Crippen LogP contribution is 2.61. The lowest BCUT2D eigenvalue weighted by Gasteiger charge is -2.49. The van der Waals surface area contributed by atoms with Gasteiger partial charge in [-0.2, -0.15) is 0 Å². The van der Waals surface area contributed by atoms with Crippen molar-refractivity contribution in [3.63, 3.8) is 0 Å². The van der Waals surface area contributed by atoms with Crippen LogP contribution in [0.2, 0.25) is 0 Å². The molecule has 0 radical (unpaired) electrons. The standard InChI is InChI=1S/C17H32NO2PS/c1-14-13-15(2)20-21(22,19-14)18(16-9-5-3-6-10-16)17-11-7-4-8-12-17/h14-17H,3-13H2,1-2H3/t14-,15+,21?. The van der Waals surface area contributed by atoms with Crippen molar-refractivity contribution in [2.75, 3.05) is 0 Å². The second-order valence-corrected chi connectivity index (χ2v) is 10.7. The fourth-order valence-corrected chi connectivity index (χ4v) is 8.82. The van der Waals surface area contributed by atoms with Crippen LogP contribution >= 0.6 is 6.64 Å². The molecule has 0 N–H and O–H groups in total. The van der Waals surface area contributed by atoms with Crippen molar-refractivity contribution in [1.82, 2.24) is 4.67 Å². The van der Waals surface area contributed by atoms with Gasteiger partial charge in [0.25, 0.3) is 6.64 Å². The average molecular weight is 345 g/mol. The molecule has 5 heteroatoms. The molecule has 3 rings (SSSR count). The quantitative estimate of drug-likeness (QED) is 0.639. The normalized spacial score (nSPS) is 39.2. The summed E-state index contributed by atoms with van der Waals surface area (Å²) in [6.45, 7) is 2.03. The van der Waals surface area contributed by atoms with Crippen LogP contribution in [0.3, 0.4) is 0 Å². The molecule has 0 aromatic heterocycles. The summed E-state index contributed by atoms with van der Waals surface area (Å²) >= 11 is 6.08. The van der Waals surface area contributed by atoms with Gasteiger partial charge in [-0.1, -0.05) is 38.5 Å². The molecular weight excluding hydrogens is 313 g/mol. The molecule has 1 unspecified atom stereocenters. The lowest BCUT2D eigenvalue weighted by atomic mass is 9.91. The fraction of sp³-hybridized carbons (Fsp3) is 1.00. The Balaban J connectivity index is 1.84. The molecule has 3 nitrogen and oxygen atoms in total. The van der Waals surface area contributed by atoms with Crippen molar-refractivity contribution in [2.24, 2.45) is 0 Å². The molecule has 2 saturated carbocycles. The molecule has 0 bridgehead atoms. The van der Waals surface area contributed by atoms with Crippen molar-refractivity contribution in [1.29, 1.82) is 0 Å².